The molecule has 10 nitrogen and oxygen atoms in total. The summed E-state index contributed by atoms with van der Waals surface area (Å²) < 4.78 is 75.5. The van der Waals surface area contributed by atoms with Crippen molar-refractivity contribution in [2.45, 2.75) is 51.7 Å². The Hall–Kier alpha value is -3.53. The molecule has 4 rings (SSSR count). The molecule has 2 fully saturated rings. The number of aromatic nitrogens is 3. The fraction of sp³-hybridized carbons (Fsp3) is 0.542. The number of aryl methyl sites for hydroxylation is 2. The van der Waals surface area contributed by atoms with Crippen LogP contribution in [0.4, 0.5) is 26.3 Å². The third kappa shape index (κ3) is 10.2. The molecule has 2 aromatic heterocycles. The smallest absolute Gasteiger partial charge is 0.475 e. The van der Waals surface area contributed by atoms with Gasteiger partial charge in [-0.1, -0.05) is 6.07 Å². The van der Waals surface area contributed by atoms with Gasteiger partial charge in [-0.3, -0.25) is 9.88 Å². The van der Waals surface area contributed by atoms with E-state index >= 15 is 0 Å². The number of hydrogen-bond donors (Lipinski definition) is 2. The van der Waals surface area contributed by atoms with E-state index in [2.05, 4.69) is 32.0 Å². The summed E-state index contributed by atoms with van der Waals surface area (Å²) in [4.78, 5) is 33.5. The van der Waals surface area contributed by atoms with Gasteiger partial charge in [0.15, 0.2) is 0 Å². The lowest BCUT2D eigenvalue weighted by atomic mass is 9.77. The van der Waals surface area contributed by atoms with Crippen LogP contribution in [-0.2, 0) is 20.9 Å². The van der Waals surface area contributed by atoms with E-state index in [-0.39, 0.29) is 11.5 Å². The quantitative estimate of drug-likeness (QED) is 0.501. The van der Waals surface area contributed by atoms with Crippen molar-refractivity contribution in [2.24, 2.45) is 5.41 Å². The van der Waals surface area contributed by atoms with Crippen LogP contribution in [0.15, 0.2) is 30.5 Å². The van der Waals surface area contributed by atoms with Crippen LogP contribution >= 0.6 is 0 Å². The number of pyridine rings is 1. The number of nitrogens with zero attached hydrogens (tertiary/aromatic N) is 4. The molecule has 0 bridgehead atoms. The molecule has 0 saturated carbocycles. The maximum Gasteiger partial charge on any atom is 0.490 e. The van der Waals surface area contributed by atoms with Gasteiger partial charge in [-0.2, -0.15) is 26.3 Å². The highest BCUT2D eigenvalue weighted by molar-refractivity contribution is 5.73. The van der Waals surface area contributed by atoms with Gasteiger partial charge in [-0.25, -0.2) is 19.6 Å². The summed E-state index contributed by atoms with van der Waals surface area (Å²) in [6.45, 7) is 8.25. The van der Waals surface area contributed by atoms with Crippen molar-refractivity contribution in [1.82, 2.24) is 19.9 Å². The molecular formula is C24H28F6N4O6. The first kappa shape index (κ1) is 32.7. The Morgan fingerprint density at radius 1 is 1.05 bits per heavy atom. The van der Waals surface area contributed by atoms with E-state index in [9.17, 15) is 26.3 Å². The van der Waals surface area contributed by atoms with Crippen LogP contribution < -0.4 is 4.74 Å². The first-order chi connectivity index (χ1) is 18.5. The minimum Gasteiger partial charge on any atom is -0.475 e. The monoisotopic (exact) mass is 582 g/mol. The Kier molecular flexibility index (Phi) is 11.2. The van der Waals surface area contributed by atoms with Gasteiger partial charge in [0.05, 0.1) is 11.8 Å². The second kappa shape index (κ2) is 13.7. The number of hydrogen-bond acceptors (Lipinski definition) is 8. The van der Waals surface area contributed by atoms with Crippen molar-refractivity contribution in [1.29, 1.82) is 0 Å². The Balaban J connectivity index is 0.000000333. The van der Waals surface area contributed by atoms with Gasteiger partial charge in [0, 0.05) is 49.2 Å². The summed E-state index contributed by atoms with van der Waals surface area (Å²) in [6, 6.07) is 8.56. The zero-order valence-corrected chi connectivity index (χ0v) is 21.5. The van der Waals surface area contributed by atoms with Crippen LogP contribution in [0.25, 0.3) is 0 Å². The molecule has 0 spiro atoms. The van der Waals surface area contributed by atoms with Crippen molar-refractivity contribution >= 4 is 11.9 Å². The predicted molar refractivity (Wildman–Crippen MR) is 125 cm³/mol. The highest BCUT2D eigenvalue weighted by atomic mass is 19.4. The summed E-state index contributed by atoms with van der Waals surface area (Å²) in [5.41, 5.74) is 3.12. The van der Waals surface area contributed by atoms with Gasteiger partial charge in [0.1, 0.15) is 6.61 Å². The second-order valence-corrected chi connectivity index (χ2v) is 9.12. The van der Waals surface area contributed by atoms with E-state index in [1.54, 1.807) is 6.20 Å². The number of carboxylic acid groups (broad SMARTS) is 2. The number of fused-ring (bicyclic) bond motifs is 1. The minimum atomic E-state index is -5.08. The fourth-order valence-corrected chi connectivity index (χ4v) is 4.10. The molecule has 4 heterocycles. The summed E-state index contributed by atoms with van der Waals surface area (Å²) >= 11 is 0. The Labute approximate surface area is 225 Å². The van der Waals surface area contributed by atoms with E-state index in [1.807, 2.05) is 26.0 Å². The van der Waals surface area contributed by atoms with Gasteiger partial charge in [0.2, 0.25) is 0 Å². The third-order valence-corrected chi connectivity index (χ3v) is 5.93. The van der Waals surface area contributed by atoms with Crippen LogP contribution in [0.3, 0.4) is 0 Å². The van der Waals surface area contributed by atoms with Crippen LogP contribution in [-0.4, -0.2) is 86.8 Å². The number of aliphatic carboxylic acids is 2. The summed E-state index contributed by atoms with van der Waals surface area (Å²) in [5.74, 6) is -5.51. The Morgan fingerprint density at radius 3 is 2.20 bits per heavy atom. The van der Waals surface area contributed by atoms with Crippen LogP contribution in [0.2, 0.25) is 0 Å². The van der Waals surface area contributed by atoms with Crippen molar-refractivity contribution in [3.8, 4) is 6.01 Å². The lowest BCUT2D eigenvalue weighted by Gasteiger charge is -2.43. The summed E-state index contributed by atoms with van der Waals surface area (Å²) in [6.07, 6.45) is -6.12. The number of halogens is 6. The van der Waals surface area contributed by atoms with Crippen molar-refractivity contribution in [2.75, 3.05) is 26.3 Å². The van der Waals surface area contributed by atoms with Gasteiger partial charge in [-0.05, 0) is 44.9 Å². The highest BCUT2D eigenvalue weighted by Crippen LogP contribution is 2.41. The molecule has 2 aliphatic heterocycles. The lowest BCUT2D eigenvalue weighted by Crippen LogP contribution is -2.52. The summed E-state index contributed by atoms with van der Waals surface area (Å²) in [5, 5.41) is 14.2. The molecule has 16 heteroatoms. The number of carboxylic acids is 2. The van der Waals surface area contributed by atoms with Gasteiger partial charge in [-0.15, -0.1) is 0 Å². The maximum absolute atomic E-state index is 10.6. The highest BCUT2D eigenvalue weighted by Gasteiger charge is 2.48. The summed E-state index contributed by atoms with van der Waals surface area (Å²) in [7, 11) is 0. The molecule has 2 N–H and O–H groups in total. The second-order valence-electron chi connectivity index (χ2n) is 9.12. The number of piperidine rings is 1. The zero-order valence-electron chi connectivity index (χ0n) is 21.5. The molecule has 2 aromatic rings. The van der Waals surface area contributed by atoms with E-state index in [0.717, 1.165) is 56.2 Å². The average molecular weight is 582 g/mol. The number of alkyl halides is 6. The molecule has 222 valence electrons. The third-order valence-electron chi connectivity index (χ3n) is 5.93. The molecule has 40 heavy (non-hydrogen) atoms. The molecule has 0 aliphatic carbocycles. The van der Waals surface area contributed by atoms with Crippen LogP contribution in [0, 0.1) is 19.3 Å². The lowest BCUT2D eigenvalue weighted by molar-refractivity contribution is -0.193. The topological polar surface area (TPSA) is 135 Å². The van der Waals surface area contributed by atoms with E-state index in [4.69, 9.17) is 29.3 Å². The first-order valence-electron chi connectivity index (χ1n) is 11.8. The molecule has 0 amide bonds. The maximum atomic E-state index is 10.6. The molecule has 2 atom stereocenters. The Bertz CT molecular complexity index is 1130. The minimum absolute atomic E-state index is 0.00911. The molecular weight excluding hydrogens is 554 g/mol. The number of ether oxygens (including phenoxy) is 2. The normalized spacial score (nSPS) is 20.8. The van der Waals surface area contributed by atoms with Gasteiger partial charge >= 0.3 is 30.3 Å². The van der Waals surface area contributed by atoms with E-state index < -0.39 is 24.3 Å². The largest absolute Gasteiger partial charge is 0.490 e. The van der Waals surface area contributed by atoms with E-state index in [0.29, 0.717) is 12.6 Å². The van der Waals surface area contributed by atoms with E-state index in [1.165, 1.54) is 0 Å². The fourth-order valence-electron chi connectivity index (χ4n) is 4.10. The molecule has 0 radical (unpaired) electrons. The molecule has 2 saturated heterocycles. The van der Waals surface area contributed by atoms with Gasteiger partial charge < -0.3 is 19.7 Å². The zero-order chi connectivity index (χ0) is 30.1. The van der Waals surface area contributed by atoms with Crippen LogP contribution in [0.5, 0.6) is 6.01 Å². The van der Waals surface area contributed by atoms with Crippen LogP contribution in [0.1, 0.15) is 29.9 Å². The standard InChI is InChI=1S/C20H26N4O2.2C2HF3O2/c1-15-4-3-5-17(22-15)12-24-10-7-18-20(13-24,8-11-25-18)14-26-19-21-9-6-16(2)23-19;2*3-2(4,5)1(6)7/h3-6,9,18H,7-8,10-14H2,1-2H3;2*(H,6,7)/t18-,20+;;/m1../s1. The number of rotatable bonds is 5. The van der Waals surface area contributed by atoms with Crippen molar-refractivity contribution in [3.05, 3.63) is 47.5 Å². The van der Waals surface area contributed by atoms with Crippen molar-refractivity contribution in [3.63, 3.8) is 0 Å². The SMILES string of the molecule is Cc1cccc(CN2CC[C@H]3OCC[C@@]3(COc3nccc(C)n3)C2)n1.O=C(O)C(F)(F)F.O=C(O)C(F)(F)F. The number of likely N-dealkylation sites (tertiary alicyclic amines) is 1. The van der Waals surface area contributed by atoms with Crippen molar-refractivity contribution < 1.29 is 55.6 Å². The molecule has 0 aromatic carbocycles. The first-order valence-corrected chi connectivity index (χ1v) is 11.8. The molecule has 0 unspecified atom stereocenters. The van der Waals surface area contributed by atoms with Gasteiger partial charge in [0.25, 0.3) is 0 Å². The Morgan fingerprint density at radius 2 is 1.65 bits per heavy atom. The average Bonchev–Trinajstić information content (AvgIpc) is 3.26. The molecule has 2 aliphatic rings. The predicted octanol–water partition coefficient (Wildman–Crippen LogP) is 3.82. The number of carbonyl (C=O) groups is 2.